The first-order chi connectivity index (χ1) is 12.0. The topological polar surface area (TPSA) is 123 Å². The molecule has 1 aromatic heterocycles. The van der Waals surface area contributed by atoms with E-state index in [2.05, 4.69) is 15.6 Å². The molecular weight excluding hydrogens is 342 g/mol. The van der Waals surface area contributed by atoms with Crippen molar-refractivity contribution in [2.75, 3.05) is 30.8 Å². The molecule has 0 aliphatic heterocycles. The Hall–Kier alpha value is -2.49. The highest BCUT2D eigenvalue weighted by Gasteiger charge is 2.16. The van der Waals surface area contributed by atoms with Gasteiger partial charge in [0.15, 0.2) is 9.84 Å². The second-order valence-electron chi connectivity index (χ2n) is 5.46. The highest BCUT2D eigenvalue weighted by atomic mass is 32.2. The molecule has 132 valence electrons. The first-order valence-electron chi connectivity index (χ1n) is 7.78. The first-order valence-corrected chi connectivity index (χ1v) is 9.44. The third kappa shape index (κ3) is 3.63. The fourth-order valence-corrected chi connectivity index (χ4v) is 3.51. The lowest BCUT2D eigenvalue weighted by atomic mass is 10.2. The summed E-state index contributed by atoms with van der Waals surface area (Å²) < 4.78 is 25.7. The smallest absolute Gasteiger partial charge is 0.180 e. The number of nitrogens with two attached hydrogens (primary N) is 1. The van der Waals surface area contributed by atoms with Crippen LogP contribution in [-0.4, -0.2) is 54.0 Å². The van der Waals surface area contributed by atoms with Gasteiger partial charge in [0.1, 0.15) is 5.52 Å². The maximum Gasteiger partial charge on any atom is 0.180 e. The molecule has 0 atom stereocenters. The molecule has 0 amide bonds. The van der Waals surface area contributed by atoms with Gasteiger partial charge in [0.05, 0.1) is 28.5 Å². The standard InChI is InChI=1S/C16H19N5O3S/c17-7-8-18-12-1-3-13(4-2-12)21-16-6-5-14(11-15(16)19-20-21)25(23,24)10-9-22/h1-6,11,18,22H,7-10,17H2. The molecule has 0 saturated heterocycles. The summed E-state index contributed by atoms with van der Waals surface area (Å²) in [4.78, 5) is 0.127. The van der Waals surface area contributed by atoms with E-state index >= 15 is 0 Å². The van der Waals surface area contributed by atoms with Crippen molar-refractivity contribution in [2.45, 2.75) is 4.90 Å². The molecule has 3 aromatic rings. The summed E-state index contributed by atoms with van der Waals surface area (Å²) in [5.74, 6) is -0.316. The van der Waals surface area contributed by atoms with Crippen molar-refractivity contribution in [3.05, 3.63) is 42.5 Å². The Balaban J connectivity index is 1.93. The van der Waals surface area contributed by atoms with E-state index in [0.717, 1.165) is 11.4 Å². The van der Waals surface area contributed by atoms with Gasteiger partial charge in [-0.15, -0.1) is 5.10 Å². The van der Waals surface area contributed by atoms with Gasteiger partial charge < -0.3 is 16.2 Å². The Labute approximate surface area is 145 Å². The highest BCUT2D eigenvalue weighted by Crippen LogP contribution is 2.21. The zero-order chi connectivity index (χ0) is 17.9. The zero-order valence-electron chi connectivity index (χ0n) is 13.5. The molecule has 2 aromatic carbocycles. The van der Waals surface area contributed by atoms with Gasteiger partial charge in [0.25, 0.3) is 0 Å². The number of rotatable bonds is 7. The summed E-state index contributed by atoms with van der Waals surface area (Å²) >= 11 is 0. The number of aliphatic hydroxyl groups excluding tert-OH is 1. The molecule has 0 radical (unpaired) electrons. The average molecular weight is 361 g/mol. The molecule has 8 nitrogen and oxygen atoms in total. The van der Waals surface area contributed by atoms with Crippen LogP contribution in [0.2, 0.25) is 0 Å². The maximum atomic E-state index is 12.0. The lowest BCUT2D eigenvalue weighted by molar-refractivity contribution is 0.319. The Morgan fingerprint density at radius 3 is 2.60 bits per heavy atom. The van der Waals surface area contributed by atoms with Crippen molar-refractivity contribution < 1.29 is 13.5 Å². The van der Waals surface area contributed by atoms with Crippen LogP contribution in [0.1, 0.15) is 0 Å². The van der Waals surface area contributed by atoms with Crippen molar-refractivity contribution in [2.24, 2.45) is 5.73 Å². The molecular formula is C16H19N5O3S. The van der Waals surface area contributed by atoms with Gasteiger partial charge in [-0.3, -0.25) is 0 Å². The Bertz CT molecular complexity index is 967. The summed E-state index contributed by atoms with van der Waals surface area (Å²) in [6.45, 7) is 0.825. The number of nitrogens with one attached hydrogen (secondary N) is 1. The molecule has 0 bridgehead atoms. The largest absolute Gasteiger partial charge is 0.395 e. The third-order valence-corrected chi connectivity index (χ3v) is 5.41. The Morgan fingerprint density at radius 2 is 1.92 bits per heavy atom. The molecule has 4 N–H and O–H groups in total. The van der Waals surface area contributed by atoms with Crippen molar-refractivity contribution in [3.8, 4) is 5.69 Å². The van der Waals surface area contributed by atoms with Gasteiger partial charge in [0.2, 0.25) is 0 Å². The monoisotopic (exact) mass is 361 g/mol. The van der Waals surface area contributed by atoms with E-state index in [-0.39, 0.29) is 10.6 Å². The van der Waals surface area contributed by atoms with Crippen LogP contribution in [0.5, 0.6) is 0 Å². The highest BCUT2D eigenvalue weighted by molar-refractivity contribution is 7.91. The number of aliphatic hydroxyl groups is 1. The van der Waals surface area contributed by atoms with E-state index in [0.29, 0.717) is 24.1 Å². The second kappa shape index (κ2) is 7.18. The summed E-state index contributed by atoms with van der Waals surface area (Å²) in [6.07, 6.45) is 0. The molecule has 0 saturated carbocycles. The van der Waals surface area contributed by atoms with E-state index in [4.69, 9.17) is 10.8 Å². The van der Waals surface area contributed by atoms with E-state index in [1.54, 1.807) is 10.7 Å². The summed E-state index contributed by atoms with van der Waals surface area (Å²) in [6, 6.07) is 12.3. The number of benzene rings is 2. The average Bonchev–Trinajstić information content (AvgIpc) is 3.03. The predicted molar refractivity (Wildman–Crippen MR) is 95.5 cm³/mol. The summed E-state index contributed by atoms with van der Waals surface area (Å²) in [7, 11) is -3.52. The number of sulfone groups is 1. The van der Waals surface area contributed by atoms with Crippen LogP contribution >= 0.6 is 0 Å². The van der Waals surface area contributed by atoms with Crippen LogP contribution in [0.4, 0.5) is 5.69 Å². The summed E-state index contributed by atoms with van der Waals surface area (Å²) in [5, 5.41) is 20.2. The predicted octanol–water partition coefficient (Wildman–Crippen LogP) is 0.557. The molecule has 0 aliphatic carbocycles. The summed E-state index contributed by atoms with van der Waals surface area (Å²) in [5.41, 5.74) is 8.41. The van der Waals surface area contributed by atoms with Gasteiger partial charge in [-0.1, -0.05) is 5.21 Å². The minimum atomic E-state index is -3.52. The fraction of sp³-hybridized carbons (Fsp3) is 0.250. The van der Waals surface area contributed by atoms with Crippen molar-refractivity contribution in [3.63, 3.8) is 0 Å². The molecule has 0 aliphatic rings. The number of nitrogens with zero attached hydrogens (tertiary/aromatic N) is 3. The van der Waals surface area contributed by atoms with Gasteiger partial charge >= 0.3 is 0 Å². The van der Waals surface area contributed by atoms with E-state index in [9.17, 15) is 8.42 Å². The Kier molecular flexibility index (Phi) is 4.98. The maximum absolute atomic E-state index is 12.0. The van der Waals surface area contributed by atoms with Gasteiger partial charge in [-0.05, 0) is 42.5 Å². The lowest BCUT2D eigenvalue weighted by Crippen LogP contribution is -2.13. The molecule has 0 spiro atoms. The van der Waals surface area contributed by atoms with E-state index in [1.807, 2.05) is 24.3 Å². The van der Waals surface area contributed by atoms with Gasteiger partial charge in [-0.2, -0.15) is 0 Å². The first kappa shape index (κ1) is 17.3. The number of aromatic nitrogens is 3. The third-order valence-electron chi connectivity index (χ3n) is 3.72. The van der Waals surface area contributed by atoms with Crippen molar-refractivity contribution in [1.82, 2.24) is 15.0 Å². The van der Waals surface area contributed by atoms with E-state index in [1.165, 1.54) is 12.1 Å². The number of fused-ring (bicyclic) bond motifs is 1. The minimum Gasteiger partial charge on any atom is -0.395 e. The van der Waals surface area contributed by atoms with Crippen molar-refractivity contribution in [1.29, 1.82) is 0 Å². The van der Waals surface area contributed by atoms with Crippen LogP contribution in [-0.2, 0) is 9.84 Å². The van der Waals surface area contributed by atoms with Crippen LogP contribution in [0.25, 0.3) is 16.7 Å². The van der Waals surface area contributed by atoms with Crippen LogP contribution in [0.3, 0.4) is 0 Å². The minimum absolute atomic E-state index is 0.127. The van der Waals surface area contributed by atoms with E-state index < -0.39 is 16.4 Å². The number of anilines is 1. The molecule has 0 fully saturated rings. The van der Waals surface area contributed by atoms with Crippen molar-refractivity contribution >= 4 is 26.6 Å². The molecule has 9 heteroatoms. The normalized spacial score (nSPS) is 11.8. The van der Waals surface area contributed by atoms with Crippen LogP contribution in [0.15, 0.2) is 47.4 Å². The quantitative estimate of drug-likeness (QED) is 0.562. The van der Waals surface area contributed by atoms with Crippen LogP contribution < -0.4 is 11.1 Å². The second-order valence-corrected chi connectivity index (χ2v) is 7.57. The zero-order valence-corrected chi connectivity index (χ0v) is 14.3. The Morgan fingerprint density at radius 1 is 1.16 bits per heavy atom. The van der Waals surface area contributed by atoms with Gasteiger partial charge in [0, 0.05) is 18.8 Å². The SMILES string of the molecule is NCCNc1ccc(-n2nnc3cc(S(=O)(=O)CCO)ccc32)cc1. The van der Waals surface area contributed by atoms with Crippen LogP contribution in [0, 0.1) is 0 Å². The lowest BCUT2D eigenvalue weighted by Gasteiger charge is -2.07. The molecule has 3 rings (SSSR count). The number of hydrogen-bond acceptors (Lipinski definition) is 7. The van der Waals surface area contributed by atoms with Gasteiger partial charge in [-0.25, -0.2) is 13.1 Å². The molecule has 25 heavy (non-hydrogen) atoms. The fourth-order valence-electron chi connectivity index (χ4n) is 2.46. The molecule has 1 heterocycles. The molecule has 0 unspecified atom stereocenters. The number of hydrogen-bond donors (Lipinski definition) is 3.